The van der Waals surface area contributed by atoms with Crippen molar-refractivity contribution in [3.05, 3.63) is 35.6 Å². The number of carbonyl (C=O) groups is 1. The highest BCUT2D eigenvalue weighted by Crippen LogP contribution is 2.23. The van der Waals surface area contributed by atoms with Crippen LogP contribution in [0.3, 0.4) is 0 Å². The van der Waals surface area contributed by atoms with Crippen molar-refractivity contribution < 1.29 is 9.21 Å². The molecule has 2 aromatic rings. The van der Waals surface area contributed by atoms with E-state index in [0.717, 1.165) is 31.3 Å². The fourth-order valence-corrected chi connectivity index (χ4v) is 2.42. The summed E-state index contributed by atoms with van der Waals surface area (Å²) in [4.78, 5) is 11.4. The lowest BCUT2D eigenvalue weighted by Gasteiger charge is -2.04. The van der Waals surface area contributed by atoms with Crippen LogP contribution in [0.5, 0.6) is 0 Å². The Balaban J connectivity index is 2.02. The van der Waals surface area contributed by atoms with Crippen LogP contribution in [0, 0.1) is 0 Å². The van der Waals surface area contributed by atoms with Crippen LogP contribution in [0.4, 0.5) is 0 Å². The smallest absolute Gasteiger partial charge is 0.219 e. The Hall–Kier alpha value is -1.77. The molecule has 1 aromatic heterocycles. The fourth-order valence-electron chi connectivity index (χ4n) is 2.42. The number of nitrogens with one attached hydrogen (secondary N) is 1. The van der Waals surface area contributed by atoms with Crippen LogP contribution in [0.25, 0.3) is 11.0 Å². The van der Waals surface area contributed by atoms with Gasteiger partial charge in [0, 0.05) is 18.4 Å². The van der Waals surface area contributed by atoms with Crippen molar-refractivity contribution in [1.82, 2.24) is 5.32 Å². The van der Waals surface area contributed by atoms with E-state index in [1.54, 1.807) is 0 Å². The van der Waals surface area contributed by atoms with Crippen molar-refractivity contribution in [2.45, 2.75) is 46.0 Å². The molecule has 1 amide bonds. The van der Waals surface area contributed by atoms with Crippen molar-refractivity contribution in [3.63, 3.8) is 0 Å². The largest absolute Gasteiger partial charge is 0.464 e. The number of fused-ring (bicyclic) bond motifs is 1. The van der Waals surface area contributed by atoms with E-state index in [9.17, 15) is 4.79 Å². The van der Waals surface area contributed by atoms with Crippen molar-refractivity contribution in [1.29, 1.82) is 0 Å². The number of carbonyl (C=O) groups excluding carboxylic acids is 1. The van der Waals surface area contributed by atoms with Gasteiger partial charge in [0.15, 0.2) is 0 Å². The molecular formula is C17H23NO2. The molecule has 3 heteroatoms. The fraction of sp³-hybridized carbons (Fsp3) is 0.471. The van der Waals surface area contributed by atoms with Gasteiger partial charge in [-0.15, -0.1) is 0 Å². The Kier molecular flexibility index (Phi) is 5.22. The van der Waals surface area contributed by atoms with E-state index in [1.165, 1.54) is 16.5 Å². The van der Waals surface area contributed by atoms with Crippen LogP contribution in [-0.2, 0) is 17.6 Å². The van der Waals surface area contributed by atoms with Gasteiger partial charge in [0.1, 0.15) is 5.58 Å². The van der Waals surface area contributed by atoms with Gasteiger partial charge in [-0.2, -0.15) is 0 Å². The van der Waals surface area contributed by atoms with E-state index in [0.29, 0.717) is 13.0 Å². The first-order chi connectivity index (χ1) is 9.74. The van der Waals surface area contributed by atoms with Gasteiger partial charge in [-0.05, 0) is 42.5 Å². The SMILES string of the molecule is CCCC(=O)NCCc1coc2ccc(CCC)cc12. The molecule has 0 saturated carbocycles. The van der Waals surface area contributed by atoms with Crippen LogP contribution >= 0.6 is 0 Å². The minimum Gasteiger partial charge on any atom is -0.464 e. The normalized spacial score (nSPS) is 10.9. The van der Waals surface area contributed by atoms with Crippen molar-refractivity contribution in [2.75, 3.05) is 6.54 Å². The average Bonchev–Trinajstić information content (AvgIpc) is 2.82. The Labute approximate surface area is 120 Å². The maximum absolute atomic E-state index is 11.4. The van der Waals surface area contributed by atoms with Crippen LogP contribution in [0.2, 0.25) is 0 Å². The van der Waals surface area contributed by atoms with Crippen LogP contribution in [0.1, 0.15) is 44.2 Å². The number of hydrogen-bond donors (Lipinski definition) is 1. The molecule has 2 rings (SSSR count). The van der Waals surface area contributed by atoms with E-state index in [1.807, 2.05) is 19.3 Å². The van der Waals surface area contributed by atoms with Crippen LogP contribution < -0.4 is 5.32 Å². The first-order valence-corrected chi connectivity index (χ1v) is 7.50. The molecule has 0 radical (unpaired) electrons. The minimum atomic E-state index is 0.131. The second-order valence-electron chi connectivity index (χ2n) is 5.19. The summed E-state index contributed by atoms with van der Waals surface area (Å²) in [6.45, 7) is 4.87. The quantitative estimate of drug-likeness (QED) is 0.832. The molecule has 1 aromatic carbocycles. The Bertz CT molecular complexity index is 571. The lowest BCUT2D eigenvalue weighted by molar-refractivity contribution is -0.121. The Morgan fingerprint density at radius 1 is 1.20 bits per heavy atom. The first-order valence-electron chi connectivity index (χ1n) is 7.50. The molecular weight excluding hydrogens is 250 g/mol. The van der Waals surface area contributed by atoms with E-state index < -0.39 is 0 Å². The van der Waals surface area contributed by atoms with Gasteiger partial charge < -0.3 is 9.73 Å². The molecule has 0 aliphatic carbocycles. The molecule has 0 aliphatic rings. The van der Waals surface area contributed by atoms with Gasteiger partial charge in [0.2, 0.25) is 5.91 Å². The third-order valence-corrected chi connectivity index (χ3v) is 3.45. The topological polar surface area (TPSA) is 42.2 Å². The number of benzene rings is 1. The highest BCUT2D eigenvalue weighted by molar-refractivity contribution is 5.82. The van der Waals surface area contributed by atoms with Gasteiger partial charge in [-0.3, -0.25) is 4.79 Å². The summed E-state index contributed by atoms with van der Waals surface area (Å²) in [5.74, 6) is 0.131. The molecule has 0 spiro atoms. The predicted octanol–water partition coefficient (Wildman–Crippen LogP) is 3.84. The summed E-state index contributed by atoms with van der Waals surface area (Å²) in [5, 5.41) is 4.13. The highest BCUT2D eigenvalue weighted by atomic mass is 16.3. The zero-order valence-corrected chi connectivity index (χ0v) is 12.4. The number of hydrogen-bond acceptors (Lipinski definition) is 2. The van der Waals surface area contributed by atoms with Crippen molar-refractivity contribution in [3.8, 4) is 0 Å². The maximum Gasteiger partial charge on any atom is 0.219 e. The lowest BCUT2D eigenvalue weighted by Crippen LogP contribution is -2.25. The maximum atomic E-state index is 11.4. The molecule has 0 fully saturated rings. The second-order valence-corrected chi connectivity index (χ2v) is 5.19. The molecule has 0 bridgehead atoms. The van der Waals surface area contributed by atoms with Gasteiger partial charge >= 0.3 is 0 Å². The van der Waals surface area contributed by atoms with Crippen molar-refractivity contribution in [2.24, 2.45) is 0 Å². The molecule has 0 saturated heterocycles. The number of furan rings is 1. The van der Waals surface area contributed by atoms with E-state index in [2.05, 4.69) is 24.4 Å². The van der Waals surface area contributed by atoms with Crippen molar-refractivity contribution >= 4 is 16.9 Å². The van der Waals surface area contributed by atoms with Crippen LogP contribution in [0.15, 0.2) is 28.9 Å². The number of aryl methyl sites for hydroxylation is 1. The molecule has 3 nitrogen and oxygen atoms in total. The number of amides is 1. The predicted molar refractivity (Wildman–Crippen MR) is 81.8 cm³/mol. The van der Waals surface area contributed by atoms with E-state index >= 15 is 0 Å². The zero-order chi connectivity index (χ0) is 14.4. The summed E-state index contributed by atoms with van der Waals surface area (Å²) in [6, 6.07) is 6.38. The van der Waals surface area contributed by atoms with Gasteiger partial charge in [-0.1, -0.05) is 26.3 Å². The third-order valence-electron chi connectivity index (χ3n) is 3.45. The molecule has 20 heavy (non-hydrogen) atoms. The third kappa shape index (κ3) is 3.62. The second kappa shape index (κ2) is 7.13. The van der Waals surface area contributed by atoms with Gasteiger partial charge in [-0.25, -0.2) is 0 Å². The summed E-state index contributed by atoms with van der Waals surface area (Å²) in [5.41, 5.74) is 3.45. The minimum absolute atomic E-state index is 0.131. The summed E-state index contributed by atoms with van der Waals surface area (Å²) in [6.07, 6.45) is 6.36. The standard InChI is InChI=1S/C17H23NO2/c1-3-5-13-7-8-16-15(11-13)14(12-20-16)9-10-18-17(19)6-4-2/h7-8,11-12H,3-6,9-10H2,1-2H3,(H,18,19). The Morgan fingerprint density at radius 3 is 2.80 bits per heavy atom. The molecule has 0 unspecified atom stereocenters. The van der Waals surface area contributed by atoms with E-state index in [-0.39, 0.29) is 5.91 Å². The number of rotatable bonds is 7. The lowest BCUT2D eigenvalue weighted by atomic mass is 10.0. The first kappa shape index (κ1) is 14.6. The van der Waals surface area contributed by atoms with Gasteiger partial charge in [0.25, 0.3) is 0 Å². The molecule has 0 aliphatic heterocycles. The summed E-state index contributed by atoms with van der Waals surface area (Å²) in [7, 11) is 0. The monoisotopic (exact) mass is 273 g/mol. The van der Waals surface area contributed by atoms with Gasteiger partial charge in [0.05, 0.1) is 6.26 Å². The molecule has 1 N–H and O–H groups in total. The zero-order valence-electron chi connectivity index (χ0n) is 12.4. The van der Waals surface area contributed by atoms with Crippen LogP contribution in [-0.4, -0.2) is 12.5 Å². The highest BCUT2D eigenvalue weighted by Gasteiger charge is 2.07. The summed E-state index contributed by atoms with van der Waals surface area (Å²) >= 11 is 0. The molecule has 108 valence electrons. The molecule has 0 atom stereocenters. The average molecular weight is 273 g/mol. The van der Waals surface area contributed by atoms with E-state index in [4.69, 9.17) is 4.42 Å². The Morgan fingerprint density at radius 2 is 2.05 bits per heavy atom. The molecule has 1 heterocycles. The summed E-state index contributed by atoms with van der Waals surface area (Å²) < 4.78 is 5.57.